The average molecular weight is 293 g/mol. The molecule has 0 aliphatic heterocycles. The standard InChI is InChI=1S/C15H16FNO2S/c1-18-15(19-2)12-3-5-14(6-4-12)20-10-11-7-13(16)9-17-8-11/h3-9,15H,10H2,1-2H3. The van der Waals surface area contributed by atoms with Crippen molar-refractivity contribution in [2.45, 2.75) is 16.9 Å². The number of hydrogen-bond donors (Lipinski definition) is 0. The fourth-order valence-corrected chi connectivity index (χ4v) is 2.61. The molecule has 0 unspecified atom stereocenters. The molecule has 0 radical (unpaired) electrons. The second-order valence-electron chi connectivity index (χ2n) is 4.17. The van der Waals surface area contributed by atoms with E-state index in [0.717, 1.165) is 16.0 Å². The minimum Gasteiger partial charge on any atom is -0.352 e. The molecule has 106 valence electrons. The maximum absolute atomic E-state index is 13.0. The van der Waals surface area contributed by atoms with E-state index in [1.165, 1.54) is 12.3 Å². The van der Waals surface area contributed by atoms with Gasteiger partial charge in [-0.05, 0) is 23.8 Å². The summed E-state index contributed by atoms with van der Waals surface area (Å²) in [5.41, 5.74) is 1.83. The summed E-state index contributed by atoms with van der Waals surface area (Å²) < 4.78 is 23.4. The van der Waals surface area contributed by atoms with E-state index in [1.807, 2.05) is 24.3 Å². The number of ether oxygens (including phenoxy) is 2. The monoisotopic (exact) mass is 293 g/mol. The van der Waals surface area contributed by atoms with Crippen molar-refractivity contribution in [1.82, 2.24) is 4.98 Å². The molecule has 3 nitrogen and oxygen atoms in total. The van der Waals surface area contributed by atoms with Crippen LogP contribution in [0.25, 0.3) is 0 Å². The topological polar surface area (TPSA) is 31.4 Å². The molecule has 0 spiro atoms. The van der Waals surface area contributed by atoms with Crippen LogP contribution in [0.3, 0.4) is 0 Å². The Balaban J connectivity index is 1.97. The smallest absolute Gasteiger partial charge is 0.183 e. The maximum atomic E-state index is 13.0. The largest absolute Gasteiger partial charge is 0.352 e. The van der Waals surface area contributed by atoms with Gasteiger partial charge in [-0.1, -0.05) is 12.1 Å². The number of methoxy groups -OCH3 is 2. The van der Waals surface area contributed by atoms with Crippen molar-refractivity contribution in [2.24, 2.45) is 0 Å². The molecule has 0 atom stereocenters. The van der Waals surface area contributed by atoms with E-state index in [4.69, 9.17) is 9.47 Å². The van der Waals surface area contributed by atoms with Gasteiger partial charge in [0.15, 0.2) is 6.29 Å². The van der Waals surface area contributed by atoms with Crippen molar-refractivity contribution in [2.75, 3.05) is 14.2 Å². The van der Waals surface area contributed by atoms with Crippen molar-refractivity contribution in [3.05, 3.63) is 59.7 Å². The summed E-state index contributed by atoms with van der Waals surface area (Å²) in [6.07, 6.45) is 2.54. The first-order valence-electron chi connectivity index (χ1n) is 6.10. The van der Waals surface area contributed by atoms with Gasteiger partial charge in [-0.15, -0.1) is 11.8 Å². The first-order valence-corrected chi connectivity index (χ1v) is 7.09. The van der Waals surface area contributed by atoms with Gasteiger partial charge in [0.05, 0.1) is 6.20 Å². The number of rotatable bonds is 6. The molecule has 0 saturated carbocycles. The molecular formula is C15H16FNO2S. The molecule has 2 rings (SSSR count). The number of thioether (sulfide) groups is 1. The highest BCUT2D eigenvalue weighted by molar-refractivity contribution is 7.98. The van der Waals surface area contributed by atoms with Crippen LogP contribution in [0, 0.1) is 5.82 Å². The minimum atomic E-state index is -0.346. The molecule has 0 bridgehead atoms. The lowest BCUT2D eigenvalue weighted by Crippen LogP contribution is -2.02. The molecular weight excluding hydrogens is 277 g/mol. The third kappa shape index (κ3) is 4.03. The van der Waals surface area contributed by atoms with Crippen molar-refractivity contribution < 1.29 is 13.9 Å². The first kappa shape index (κ1) is 15.0. The molecule has 1 aromatic heterocycles. The Morgan fingerprint density at radius 3 is 2.45 bits per heavy atom. The van der Waals surface area contributed by atoms with E-state index in [0.29, 0.717) is 5.75 Å². The van der Waals surface area contributed by atoms with Gasteiger partial charge in [-0.2, -0.15) is 0 Å². The number of pyridine rings is 1. The number of halogens is 1. The SMILES string of the molecule is COC(OC)c1ccc(SCc2cncc(F)c2)cc1. The molecule has 0 saturated heterocycles. The maximum Gasteiger partial charge on any atom is 0.183 e. The van der Waals surface area contributed by atoms with E-state index in [-0.39, 0.29) is 12.1 Å². The fraction of sp³-hybridized carbons (Fsp3) is 0.267. The fourth-order valence-electron chi connectivity index (χ4n) is 1.79. The molecule has 0 fully saturated rings. The third-order valence-corrected chi connectivity index (χ3v) is 3.83. The molecule has 0 amide bonds. The second kappa shape index (κ2) is 7.38. The summed E-state index contributed by atoms with van der Waals surface area (Å²) in [5.74, 6) is 0.378. The number of aromatic nitrogens is 1. The van der Waals surface area contributed by atoms with Crippen molar-refractivity contribution in [1.29, 1.82) is 0 Å². The Bertz CT molecular complexity index is 544. The van der Waals surface area contributed by atoms with Crippen LogP contribution in [0.15, 0.2) is 47.6 Å². The van der Waals surface area contributed by atoms with Crippen LogP contribution in [0.5, 0.6) is 0 Å². The van der Waals surface area contributed by atoms with Crippen LogP contribution in [0.4, 0.5) is 4.39 Å². The second-order valence-corrected chi connectivity index (χ2v) is 5.22. The van der Waals surface area contributed by atoms with Gasteiger partial charge >= 0.3 is 0 Å². The summed E-state index contributed by atoms with van der Waals surface area (Å²) in [7, 11) is 3.21. The third-order valence-electron chi connectivity index (χ3n) is 2.75. The quantitative estimate of drug-likeness (QED) is 0.599. The molecule has 0 aliphatic rings. The number of nitrogens with zero attached hydrogens (tertiary/aromatic N) is 1. The Morgan fingerprint density at radius 1 is 1.15 bits per heavy atom. The number of benzene rings is 1. The van der Waals surface area contributed by atoms with Crippen LogP contribution in [0.1, 0.15) is 17.4 Å². The summed E-state index contributed by atoms with van der Waals surface area (Å²) in [5, 5.41) is 0. The van der Waals surface area contributed by atoms with Crippen LogP contribution >= 0.6 is 11.8 Å². The summed E-state index contributed by atoms with van der Waals surface area (Å²) in [6, 6.07) is 9.42. The van der Waals surface area contributed by atoms with E-state index < -0.39 is 0 Å². The lowest BCUT2D eigenvalue weighted by molar-refractivity contribution is -0.106. The van der Waals surface area contributed by atoms with Crippen LogP contribution < -0.4 is 0 Å². The first-order chi connectivity index (χ1) is 9.72. The van der Waals surface area contributed by atoms with Gasteiger partial charge in [-0.25, -0.2) is 4.39 Å². The summed E-state index contributed by atoms with van der Waals surface area (Å²) in [6.45, 7) is 0. The summed E-state index contributed by atoms with van der Waals surface area (Å²) in [4.78, 5) is 4.94. The van der Waals surface area contributed by atoms with Crippen LogP contribution in [-0.2, 0) is 15.2 Å². The zero-order valence-corrected chi connectivity index (χ0v) is 12.2. The Labute approximate surface area is 122 Å². The van der Waals surface area contributed by atoms with Crippen molar-refractivity contribution >= 4 is 11.8 Å². The molecule has 2 aromatic rings. The molecule has 0 N–H and O–H groups in total. The predicted octanol–water partition coefficient (Wildman–Crippen LogP) is 3.80. The van der Waals surface area contributed by atoms with Gasteiger partial charge in [-0.3, -0.25) is 4.98 Å². The van der Waals surface area contributed by atoms with Gasteiger partial charge < -0.3 is 9.47 Å². The van der Waals surface area contributed by atoms with Crippen molar-refractivity contribution in [3.8, 4) is 0 Å². The molecule has 5 heteroatoms. The van der Waals surface area contributed by atoms with E-state index in [1.54, 1.807) is 32.2 Å². The van der Waals surface area contributed by atoms with Gasteiger partial charge in [0.2, 0.25) is 0 Å². The Kier molecular flexibility index (Phi) is 5.52. The zero-order valence-electron chi connectivity index (χ0n) is 11.4. The highest BCUT2D eigenvalue weighted by atomic mass is 32.2. The van der Waals surface area contributed by atoms with Gasteiger partial charge in [0.1, 0.15) is 5.82 Å². The predicted molar refractivity (Wildman–Crippen MR) is 77.0 cm³/mol. The molecule has 0 aliphatic carbocycles. The van der Waals surface area contributed by atoms with E-state index in [9.17, 15) is 4.39 Å². The van der Waals surface area contributed by atoms with E-state index >= 15 is 0 Å². The Hall–Kier alpha value is -1.43. The summed E-state index contributed by atoms with van der Waals surface area (Å²) >= 11 is 1.63. The average Bonchev–Trinajstić information content (AvgIpc) is 2.48. The Morgan fingerprint density at radius 2 is 1.85 bits per heavy atom. The van der Waals surface area contributed by atoms with Crippen LogP contribution in [-0.4, -0.2) is 19.2 Å². The van der Waals surface area contributed by atoms with Gasteiger partial charge in [0, 0.05) is 36.6 Å². The van der Waals surface area contributed by atoms with Crippen molar-refractivity contribution in [3.63, 3.8) is 0 Å². The normalized spacial score (nSPS) is 11.0. The highest BCUT2D eigenvalue weighted by Gasteiger charge is 2.08. The highest BCUT2D eigenvalue weighted by Crippen LogP contribution is 2.25. The van der Waals surface area contributed by atoms with Gasteiger partial charge in [0.25, 0.3) is 0 Å². The molecule has 1 heterocycles. The van der Waals surface area contributed by atoms with E-state index in [2.05, 4.69) is 4.98 Å². The minimum absolute atomic E-state index is 0.304. The molecule has 1 aromatic carbocycles. The zero-order chi connectivity index (χ0) is 14.4. The van der Waals surface area contributed by atoms with Crippen LogP contribution in [0.2, 0.25) is 0 Å². The lowest BCUT2D eigenvalue weighted by atomic mass is 10.2. The lowest BCUT2D eigenvalue weighted by Gasteiger charge is -2.13. The number of hydrogen-bond acceptors (Lipinski definition) is 4. The molecule has 20 heavy (non-hydrogen) atoms.